The van der Waals surface area contributed by atoms with Crippen LogP contribution in [0.2, 0.25) is 0 Å². The number of nitrogens with zero attached hydrogens (tertiary/aromatic N) is 1. The predicted molar refractivity (Wildman–Crippen MR) is 73.5 cm³/mol. The largest absolute Gasteiger partial charge is 0.378 e. The Morgan fingerprint density at radius 2 is 1.82 bits per heavy atom. The number of hydrogen-bond donors (Lipinski definition) is 1. The lowest BCUT2D eigenvalue weighted by molar-refractivity contribution is 0.0107. The van der Waals surface area contributed by atoms with Crippen molar-refractivity contribution in [3.05, 3.63) is 0 Å². The zero-order valence-corrected chi connectivity index (χ0v) is 11.7. The molecule has 0 atom stereocenters. The predicted octanol–water partition coefficient (Wildman–Crippen LogP) is 2.27. The Hall–Kier alpha value is -0.120. The third-order valence-corrected chi connectivity index (χ3v) is 3.52. The van der Waals surface area contributed by atoms with Gasteiger partial charge in [0.05, 0.1) is 6.10 Å². The molecule has 0 aromatic heterocycles. The third-order valence-electron chi connectivity index (χ3n) is 3.52. The van der Waals surface area contributed by atoms with Crippen molar-refractivity contribution in [1.29, 1.82) is 0 Å². The van der Waals surface area contributed by atoms with Gasteiger partial charge in [0.25, 0.3) is 0 Å². The molecule has 1 aliphatic heterocycles. The van der Waals surface area contributed by atoms with Crippen LogP contribution < -0.4 is 5.32 Å². The first kappa shape index (κ1) is 14.9. The molecule has 102 valence electrons. The Kier molecular flexibility index (Phi) is 8.67. The number of unbranched alkanes of at least 4 members (excludes halogenated alkanes) is 3. The van der Waals surface area contributed by atoms with Crippen LogP contribution in [0.25, 0.3) is 0 Å². The van der Waals surface area contributed by atoms with E-state index in [1.54, 1.807) is 0 Å². The average Bonchev–Trinajstić information content (AvgIpc) is 2.35. The van der Waals surface area contributed by atoms with Crippen LogP contribution in [0.3, 0.4) is 0 Å². The summed E-state index contributed by atoms with van der Waals surface area (Å²) in [6.45, 7) is 7.80. The molecule has 0 bridgehead atoms. The Morgan fingerprint density at radius 1 is 1.12 bits per heavy atom. The highest BCUT2D eigenvalue weighted by Gasteiger charge is 2.16. The van der Waals surface area contributed by atoms with E-state index in [-0.39, 0.29) is 0 Å². The maximum Gasteiger partial charge on any atom is 0.0599 e. The molecule has 0 aliphatic carbocycles. The van der Waals surface area contributed by atoms with Crippen molar-refractivity contribution in [3.8, 4) is 0 Å². The molecule has 1 N–H and O–H groups in total. The van der Waals surface area contributed by atoms with Gasteiger partial charge in [0.2, 0.25) is 0 Å². The Bertz CT molecular complexity index is 168. The van der Waals surface area contributed by atoms with E-state index in [0.717, 1.165) is 13.2 Å². The quantitative estimate of drug-likeness (QED) is 0.628. The standard InChI is InChI=1S/C14H30N2O/c1-3-15-10-6-4-5-7-13-17-14-8-11-16(2)12-9-14/h14-15H,3-13H2,1-2H3. The third kappa shape index (κ3) is 7.74. The second-order valence-corrected chi connectivity index (χ2v) is 5.14. The zero-order chi connectivity index (χ0) is 12.3. The van der Waals surface area contributed by atoms with Gasteiger partial charge in [-0.25, -0.2) is 0 Å². The van der Waals surface area contributed by atoms with Crippen LogP contribution in [-0.2, 0) is 4.74 Å². The van der Waals surface area contributed by atoms with Crippen LogP contribution in [0.5, 0.6) is 0 Å². The first-order chi connectivity index (χ1) is 8.33. The van der Waals surface area contributed by atoms with Crippen LogP contribution in [0, 0.1) is 0 Å². The average molecular weight is 242 g/mol. The van der Waals surface area contributed by atoms with E-state index in [4.69, 9.17) is 4.74 Å². The molecule has 3 heteroatoms. The van der Waals surface area contributed by atoms with Gasteiger partial charge in [-0.15, -0.1) is 0 Å². The fourth-order valence-electron chi connectivity index (χ4n) is 2.28. The van der Waals surface area contributed by atoms with Gasteiger partial charge in [-0.2, -0.15) is 0 Å². The molecule has 1 aliphatic rings. The first-order valence-electron chi connectivity index (χ1n) is 7.33. The summed E-state index contributed by atoms with van der Waals surface area (Å²) in [7, 11) is 2.19. The van der Waals surface area contributed by atoms with Crippen molar-refractivity contribution in [2.75, 3.05) is 39.8 Å². The number of ether oxygens (including phenoxy) is 1. The van der Waals surface area contributed by atoms with Gasteiger partial charge < -0.3 is 15.0 Å². The van der Waals surface area contributed by atoms with Gasteiger partial charge in [0.1, 0.15) is 0 Å². The summed E-state index contributed by atoms with van der Waals surface area (Å²) in [4.78, 5) is 2.39. The highest BCUT2D eigenvalue weighted by atomic mass is 16.5. The van der Waals surface area contributed by atoms with E-state index < -0.39 is 0 Å². The molecule has 1 heterocycles. The summed E-state index contributed by atoms with van der Waals surface area (Å²) in [6.07, 6.45) is 8.17. The molecule has 0 aromatic carbocycles. The van der Waals surface area contributed by atoms with E-state index in [1.165, 1.54) is 58.2 Å². The molecule has 0 amide bonds. The van der Waals surface area contributed by atoms with E-state index in [2.05, 4.69) is 24.2 Å². The molecule has 0 aromatic rings. The highest BCUT2D eigenvalue weighted by Crippen LogP contribution is 2.12. The van der Waals surface area contributed by atoms with Crippen molar-refractivity contribution < 1.29 is 4.74 Å². The lowest BCUT2D eigenvalue weighted by atomic mass is 10.1. The lowest BCUT2D eigenvalue weighted by Gasteiger charge is -2.28. The summed E-state index contributed by atoms with van der Waals surface area (Å²) >= 11 is 0. The summed E-state index contributed by atoms with van der Waals surface area (Å²) in [6, 6.07) is 0. The van der Waals surface area contributed by atoms with Crippen molar-refractivity contribution in [2.24, 2.45) is 0 Å². The fraction of sp³-hybridized carbons (Fsp3) is 1.00. The van der Waals surface area contributed by atoms with Gasteiger partial charge in [-0.05, 0) is 45.8 Å². The summed E-state index contributed by atoms with van der Waals surface area (Å²) < 4.78 is 5.92. The summed E-state index contributed by atoms with van der Waals surface area (Å²) in [5.41, 5.74) is 0. The topological polar surface area (TPSA) is 24.5 Å². The lowest BCUT2D eigenvalue weighted by Crippen LogP contribution is -2.34. The van der Waals surface area contributed by atoms with Crippen molar-refractivity contribution in [1.82, 2.24) is 10.2 Å². The van der Waals surface area contributed by atoms with Crippen LogP contribution in [0.4, 0.5) is 0 Å². The molecule has 0 radical (unpaired) electrons. The number of rotatable bonds is 9. The smallest absolute Gasteiger partial charge is 0.0599 e. The van der Waals surface area contributed by atoms with Crippen LogP contribution in [0.15, 0.2) is 0 Å². The molecular weight excluding hydrogens is 212 g/mol. The minimum Gasteiger partial charge on any atom is -0.378 e. The van der Waals surface area contributed by atoms with E-state index in [9.17, 15) is 0 Å². The number of nitrogens with one attached hydrogen (secondary N) is 1. The van der Waals surface area contributed by atoms with E-state index in [0.29, 0.717) is 6.10 Å². The van der Waals surface area contributed by atoms with Gasteiger partial charge in [0, 0.05) is 19.7 Å². The Labute approximate surface area is 107 Å². The Balaban J connectivity index is 1.81. The maximum atomic E-state index is 5.92. The van der Waals surface area contributed by atoms with Crippen molar-refractivity contribution in [3.63, 3.8) is 0 Å². The van der Waals surface area contributed by atoms with Crippen LogP contribution in [-0.4, -0.2) is 50.8 Å². The minimum absolute atomic E-state index is 0.535. The monoisotopic (exact) mass is 242 g/mol. The minimum atomic E-state index is 0.535. The zero-order valence-electron chi connectivity index (χ0n) is 11.7. The van der Waals surface area contributed by atoms with Gasteiger partial charge in [-0.3, -0.25) is 0 Å². The molecule has 0 unspecified atom stereocenters. The molecule has 0 saturated carbocycles. The first-order valence-corrected chi connectivity index (χ1v) is 7.33. The normalized spacial score (nSPS) is 18.7. The van der Waals surface area contributed by atoms with E-state index in [1.807, 2.05) is 0 Å². The molecule has 0 spiro atoms. The molecule has 1 rings (SSSR count). The summed E-state index contributed by atoms with van der Waals surface area (Å²) in [5, 5.41) is 3.36. The van der Waals surface area contributed by atoms with Gasteiger partial charge in [0.15, 0.2) is 0 Å². The van der Waals surface area contributed by atoms with Crippen LogP contribution in [0.1, 0.15) is 45.4 Å². The van der Waals surface area contributed by atoms with Crippen molar-refractivity contribution >= 4 is 0 Å². The molecule has 1 saturated heterocycles. The second kappa shape index (κ2) is 9.86. The molecule has 1 fully saturated rings. The SMILES string of the molecule is CCNCCCCCCOC1CCN(C)CC1. The second-order valence-electron chi connectivity index (χ2n) is 5.14. The molecule has 3 nitrogen and oxygen atoms in total. The number of piperidine rings is 1. The van der Waals surface area contributed by atoms with E-state index >= 15 is 0 Å². The van der Waals surface area contributed by atoms with Crippen LogP contribution >= 0.6 is 0 Å². The number of likely N-dealkylation sites (tertiary alicyclic amines) is 1. The fourth-order valence-corrected chi connectivity index (χ4v) is 2.28. The molecular formula is C14H30N2O. The summed E-state index contributed by atoms with van der Waals surface area (Å²) in [5.74, 6) is 0. The highest BCUT2D eigenvalue weighted by molar-refractivity contribution is 4.69. The van der Waals surface area contributed by atoms with Crippen molar-refractivity contribution in [2.45, 2.75) is 51.6 Å². The molecule has 17 heavy (non-hydrogen) atoms. The number of hydrogen-bond acceptors (Lipinski definition) is 3. The maximum absolute atomic E-state index is 5.92. The van der Waals surface area contributed by atoms with Gasteiger partial charge in [-0.1, -0.05) is 19.8 Å². The Morgan fingerprint density at radius 3 is 2.53 bits per heavy atom. The van der Waals surface area contributed by atoms with Gasteiger partial charge >= 0.3 is 0 Å².